The van der Waals surface area contributed by atoms with Crippen molar-refractivity contribution in [3.8, 4) is 17.2 Å². The first-order valence-corrected chi connectivity index (χ1v) is 7.37. The largest absolute Gasteiger partial charge is 0.493 e. The number of hydrogen-bond acceptors (Lipinski definition) is 5. The summed E-state index contributed by atoms with van der Waals surface area (Å²) in [4.78, 5) is 4.18. The summed E-state index contributed by atoms with van der Waals surface area (Å²) in [5.41, 5.74) is 2.01. The molecule has 1 aromatic heterocycles. The van der Waals surface area contributed by atoms with Gasteiger partial charge in [-0.3, -0.25) is 0 Å². The minimum atomic E-state index is 0.547. The number of methoxy groups -OCH3 is 1. The van der Waals surface area contributed by atoms with Crippen LogP contribution in [0.15, 0.2) is 35.1 Å². The molecule has 0 atom stereocenters. The first-order chi connectivity index (χ1) is 10.3. The summed E-state index contributed by atoms with van der Waals surface area (Å²) < 4.78 is 17.4. The van der Waals surface area contributed by atoms with E-state index < -0.39 is 0 Å². The van der Waals surface area contributed by atoms with Crippen LogP contribution >= 0.6 is 15.9 Å². The maximum Gasteiger partial charge on any atom is 0.203 e. The van der Waals surface area contributed by atoms with Gasteiger partial charge < -0.3 is 19.5 Å². The van der Waals surface area contributed by atoms with Gasteiger partial charge >= 0.3 is 0 Å². The van der Waals surface area contributed by atoms with E-state index in [-0.39, 0.29) is 0 Å². The van der Waals surface area contributed by atoms with Gasteiger partial charge in [-0.15, -0.1) is 0 Å². The van der Waals surface area contributed by atoms with E-state index in [4.69, 9.17) is 14.2 Å². The number of nitrogens with zero attached hydrogens (tertiary/aromatic N) is 1. The number of aromatic nitrogens is 1. The second kappa shape index (κ2) is 6.22. The van der Waals surface area contributed by atoms with Crippen molar-refractivity contribution in [1.82, 2.24) is 4.98 Å². The van der Waals surface area contributed by atoms with E-state index in [9.17, 15) is 0 Å². The zero-order valence-electron chi connectivity index (χ0n) is 11.6. The van der Waals surface area contributed by atoms with Crippen LogP contribution in [0.4, 0.5) is 5.69 Å². The highest BCUT2D eigenvalue weighted by Crippen LogP contribution is 2.40. The lowest BCUT2D eigenvalue weighted by Crippen LogP contribution is -2.16. The Morgan fingerprint density at radius 1 is 1.29 bits per heavy atom. The quantitative estimate of drug-likeness (QED) is 0.858. The molecule has 0 spiro atoms. The monoisotopic (exact) mass is 350 g/mol. The van der Waals surface area contributed by atoms with Crippen LogP contribution in [-0.2, 0) is 6.54 Å². The van der Waals surface area contributed by atoms with Gasteiger partial charge in [-0.05, 0) is 45.8 Å². The molecule has 0 fully saturated rings. The molecular formula is C15H15BrN2O3. The predicted molar refractivity (Wildman–Crippen MR) is 83.2 cm³/mol. The van der Waals surface area contributed by atoms with Crippen LogP contribution in [0.5, 0.6) is 17.2 Å². The summed E-state index contributed by atoms with van der Waals surface area (Å²) in [6, 6.07) is 7.78. The number of halogens is 1. The second-order valence-corrected chi connectivity index (χ2v) is 5.36. The highest BCUT2D eigenvalue weighted by molar-refractivity contribution is 9.10. The molecule has 2 aromatic rings. The van der Waals surface area contributed by atoms with E-state index in [1.54, 1.807) is 13.3 Å². The molecule has 110 valence electrons. The van der Waals surface area contributed by atoms with Crippen LogP contribution in [0.2, 0.25) is 0 Å². The standard InChI is InChI=1S/C15H15BrN2O3/c1-19-12-6-10(7-13-15(12)21-5-4-20-13)8-17-11-2-3-14(16)18-9-11/h2-3,6-7,9,17H,4-5,8H2,1H3. The molecule has 6 heteroatoms. The van der Waals surface area contributed by atoms with E-state index in [0.717, 1.165) is 21.6 Å². The van der Waals surface area contributed by atoms with Gasteiger partial charge in [0.05, 0.1) is 19.0 Å². The van der Waals surface area contributed by atoms with Gasteiger partial charge in [-0.2, -0.15) is 0 Å². The van der Waals surface area contributed by atoms with E-state index in [1.165, 1.54) is 0 Å². The molecule has 0 saturated carbocycles. The molecule has 0 unspecified atom stereocenters. The SMILES string of the molecule is COc1cc(CNc2ccc(Br)nc2)cc2c1OCCO2. The lowest BCUT2D eigenvalue weighted by molar-refractivity contribution is 0.165. The molecule has 21 heavy (non-hydrogen) atoms. The number of pyridine rings is 1. The number of rotatable bonds is 4. The lowest BCUT2D eigenvalue weighted by atomic mass is 10.1. The van der Waals surface area contributed by atoms with Gasteiger partial charge in [0.2, 0.25) is 5.75 Å². The Bertz CT molecular complexity index is 614. The van der Waals surface area contributed by atoms with Crippen molar-refractivity contribution in [2.45, 2.75) is 6.54 Å². The summed E-state index contributed by atoms with van der Waals surface area (Å²) in [5, 5.41) is 3.31. The molecular weight excluding hydrogens is 336 g/mol. The minimum absolute atomic E-state index is 0.547. The third kappa shape index (κ3) is 3.21. The summed E-state index contributed by atoms with van der Waals surface area (Å²) in [6.45, 7) is 1.76. The average molecular weight is 351 g/mol. The molecule has 0 aliphatic carbocycles. The second-order valence-electron chi connectivity index (χ2n) is 4.55. The average Bonchev–Trinajstić information content (AvgIpc) is 2.53. The van der Waals surface area contributed by atoms with Crippen molar-refractivity contribution in [3.05, 3.63) is 40.6 Å². The molecule has 1 aliphatic rings. The van der Waals surface area contributed by atoms with Gasteiger partial charge in [0.15, 0.2) is 11.5 Å². The number of ether oxygens (including phenoxy) is 3. The maximum atomic E-state index is 5.62. The highest BCUT2D eigenvalue weighted by atomic mass is 79.9. The third-order valence-corrected chi connectivity index (χ3v) is 3.58. The van der Waals surface area contributed by atoms with Crippen LogP contribution in [0.1, 0.15) is 5.56 Å². The van der Waals surface area contributed by atoms with E-state index in [1.807, 2.05) is 24.3 Å². The number of fused-ring (bicyclic) bond motifs is 1. The van der Waals surface area contributed by atoms with Crippen LogP contribution in [-0.4, -0.2) is 25.3 Å². The van der Waals surface area contributed by atoms with Crippen LogP contribution < -0.4 is 19.5 Å². The van der Waals surface area contributed by atoms with E-state index in [0.29, 0.717) is 31.3 Å². The fourth-order valence-corrected chi connectivity index (χ4v) is 2.35. The molecule has 0 bridgehead atoms. The Balaban J connectivity index is 1.77. The van der Waals surface area contributed by atoms with Crippen molar-refractivity contribution in [3.63, 3.8) is 0 Å². The van der Waals surface area contributed by atoms with Gasteiger partial charge in [0, 0.05) is 6.54 Å². The summed E-state index contributed by atoms with van der Waals surface area (Å²) in [5.74, 6) is 2.10. The topological polar surface area (TPSA) is 52.6 Å². The molecule has 1 N–H and O–H groups in total. The Morgan fingerprint density at radius 2 is 2.14 bits per heavy atom. The zero-order chi connectivity index (χ0) is 14.7. The molecule has 5 nitrogen and oxygen atoms in total. The van der Waals surface area contributed by atoms with Crippen molar-refractivity contribution in [1.29, 1.82) is 0 Å². The molecule has 0 amide bonds. The Kier molecular flexibility index (Phi) is 4.15. The molecule has 0 saturated heterocycles. The first-order valence-electron chi connectivity index (χ1n) is 6.58. The lowest BCUT2D eigenvalue weighted by Gasteiger charge is -2.21. The fourth-order valence-electron chi connectivity index (χ4n) is 2.11. The molecule has 2 heterocycles. The van der Waals surface area contributed by atoms with Crippen LogP contribution in [0.25, 0.3) is 0 Å². The van der Waals surface area contributed by atoms with E-state index >= 15 is 0 Å². The summed E-state index contributed by atoms with van der Waals surface area (Å²) in [6.07, 6.45) is 1.78. The van der Waals surface area contributed by atoms with Crippen molar-refractivity contribution in [2.75, 3.05) is 25.6 Å². The number of nitrogens with one attached hydrogen (secondary N) is 1. The Morgan fingerprint density at radius 3 is 2.90 bits per heavy atom. The van der Waals surface area contributed by atoms with Crippen LogP contribution in [0, 0.1) is 0 Å². The van der Waals surface area contributed by atoms with Gasteiger partial charge in [-0.1, -0.05) is 0 Å². The third-order valence-electron chi connectivity index (χ3n) is 3.11. The van der Waals surface area contributed by atoms with Gasteiger partial charge in [0.1, 0.15) is 17.8 Å². The molecule has 0 radical (unpaired) electrons. The molecule has 1 aromatic carbocycles. The molecule has 1 aliphatic heterocycles. The highest BCUT2D eigenvalue weighted by Gasteiger charge is 2.18. The predicted octanol–water partition coefficient (Wildman–Crippen LogP) is 3.24. The first kappa shape index (κ1) is 14.0. The summed E-state index contributed by atoms with van der Waals surface area (Å²) in [7, 11) is 1.63. The smallest absolute Gasteiger partial charge is 0.203 e. The normalized spacial score (nSPS) is 12.9. The van der Waals surface area contributed by atoms with Crippen molar-refractivity contribution >= 4 is 21.6 Å². The number of anilines is 1. The Labute approximate surface area is 131 Å². The number of hydrogen-bond donors (Lipinski definition) is 1. The van der Waals surface area contributed by atoms with Crippen molar-refractivity contribution in [2.24, 2.45) is 0 Å². The maximum absolute atomic E-state index is 5.62. The van der Waals surface area contributed by atoms with Gasteiger partial charge in [0.25, 0.3) is 0 Å². The van der Waals surface area contributed by atoms with Gasteiger partial charge in [-0.25, -0.2) is 4.98 Å². The minimum Gasteiger partial charge on any atom is -0.493 e. The number of benzene rings is 1. The van der Waals surface area contributed by atoms with Crippen molar-refractivity contribution < 1.29 is 14.2 Å². The van der Waals surface area contributed by atoms with Crippen LogP contribution in [0.3, 0.4) is 0 Å². The van der Waals surface area contributed by atoms with E-state index in [2.05, 4.69) is 26.2 Å². The zero-order valence-corrected chi connectivity index (χ0v) is 13.1. The summed E-state index contributed by atoms with van der Waals surface area (Å²) >= 11 is 3.32. The Hall–Kier alpha value is -1.95. The molecule has 3 rings (SSSR count). The fraction of sp³-hybridized carbons (Fsp3) is 0.267.